The lowest BCUT2D eigenvalue weighted by molar-refractivity contribution is 0.191. The van der Waals surface area contributed by atoms with Gasteiger partial charge in [0.2, 0.25) is 0 Å². The fourth-order valence-electron chi connectivity index (χ4n) is 2.35. The summed E-state index contributed by atoms with van der Waals surface area (Å²) in [6, 6.07) is 6.42. The zero-order valence-electron chi connectivity index (χ0n) is 13.0. The molecule has 2 rings (SSSR count). The lowest BCUT2D eigenvalue weighted by Gasteiger charge is -2.36. The Morgan fingerprint density at radius 3 is 2.57 bits per heavy atom. The minimum Gasteiger partial charge on any atom is -0.368 e. The Labute approximate surface area is 132 Å². The molecule has 1 N–H and O–H groups in total. The maximum atomic E-state index is 12.1. The Morgan fingerprint density at radius 1 is 1.33 bits per heavy atom. The summed E-state index contributed by atoms with van der Waals surface area (Å²) < 4.78 is 0. The lowest BCUT2D eigenvalue weighted by Crippen LogP contribution is -2.53. The summed E-state index contributed by atoms with van der Waals surface area (Å²) in [5.74, 6) is 0. The van der Waals surface area contributed by atoms with Crippen LogP contribution in [0.1, 0.15) is 25.8 Å². The summed E-state index contributed by atoms with van der Waals surface area (Å²) in [6.45, 7) is 9.28. The first-order valence-electron chi connectivity index (χ1n) is 7.57. The number of amides is 2. The first-order valence-corrected chi connectivity index (χ1v) is 7.95. The minimum absolute atomic E-state index is 0.0472. The van der Waals surface area contributed by atoms with Crippen LogP contribution in [0.25, 0.3) is 0 Å². The number of urea groups is 1. The Kier molecular flexibility index (Phi) is 5.34. The summed E-state index contributed by atoms with van der Waals surface area (Å²) >= 11 is 6.18. The fraction of sp³-hybridized carbons (Fsp3) is 0.562. The number of piperazine rings is 1. The van der Waals surface area contributed by atoms with Crippen LogP contribution in [0, 0.1) is 6.92 Å². The molecule has 1 atom stereocenters. The molecule has 1 unspecified atom stereocenters. The molecule has 0 bridgehead atoms. The third-order valence-corrected chi connectivity index (χ3v) is 4.48. The SMILES string of the molecule is CCC(C)NC(=O)N1CCN(c2ccc(C)c(Cl)c2)CC1. The van der Waals surface area contributed by atoms with Gasteiger partial charge in [-0.25, -0.2) is 4.79 Å². The van der Waals surface area contributed by atoms with E-state index >= 15 is 0 Å². The number of rotatable bonds is 3. The monoisotopic (exact) mass is 309 g/mol. The van der Waals surface area contributed by atoms with Crippen molar-refractivity contribution in [3.63, 3.8) is 0 Å². The molecule has 1 aromatic rings. The third-order valence-electron chi connectivity index (χ3n) is 4.07. The van der Waals surface area contributed by atoms with Crippen molar-refractivity contribution in [2.45, 2.75) is 33.2 Å². The molecule has 1 aliphatic rings. The number of anilines is 1. The third kappa shape index (κ3) is 4.03. The molecule has 1 saturated heterocycles. The molecular weight excluding hydrogens is 286 g/mol. The lowest BCUT2D eigenvalue weighted by atomic mass is 10.2. The number of halogens is 1. The molecule has 1 aliphatic heterocycles. The highest BCUT2D eigenvalue weighted by molar-refractivity contribution is 6.31. The van der Waals surface area contributed by atoms with Crippen LogP contribution in [0.4, 0.5) is 10.5 Å². The van der Waals surface area contributed by atoms with Gasteiger partial charge in [-0.1, -0.05) is 24.6 Å². The molecule has 0 aliphatic carbocycles. The standard InChI is InChI=1S/C16H24ClN3O/c1-4-13(3)18-16(21)20-9-7-19(8-10-20)14-6-5-12(2)15(17)11-14/h5-6,11,13H,4,7-10H2,1-3H3,(H,18,21). The Bertz CT molecular complexity index is 498. The number of hydrogen-bond donors (Lipinski definition) is 1. The molecule has 116 valence electrons. The quantitative estimate of drug-likeness (QED) is 0.930. The predicted octanol–water partition coefficient (Wildman–Crippen LogP) is 3.28. The van der Waals surface area contributed by atoms with Gasteiger partial charge in [0.15, 0.2) is 0 Å². The summed E-state index contributed by atoms with van der Waals surface area (Å²) in [5.41, 5.74) is 2.22. The molecule has 2 amide bonds. The zero-order valence-corrected chi connectivity index (χ0v) is 13.8. The van der Waals surface area contributed by atoms with Gasteiger partial charge in [0.05, 0.1) is 0 Å². The maximum absolute atomic E-state index is 12.1. The zero-order chi connectivity index (χ0) is 15.4. The fourth-order valence-corrected chi connectivity index (χ4v) is 2.53. The summed E-state index contributed by atoms with van der Waals surface area (Å²) in [7, 11) is 0. The van der Waals surface area contributed by atoms with Gasteiger partial charge in [0, 0.05) is 42.9 Å². The first-order chi connectivity index (χ1) is 10.0. The summed E-state index contributed by atoms with van der Waals surface area (Å²) in [6.07, 6.45) is 0.952. The summed E-state index contributed by atoms with van der Waals surface area (Å²) in [4.78, 5) is 16.2. The number of nitrogens with one attached hydrogen (secondary N) is 1. The van der Waals surface area contributed by atoms with Crippen molar-refractivity contribution < 1.29 is 4.79 Å². The minimum atomic E-state index is 0.0472. The second-order valence-electron chi connectivity index (χ2n) is 5.67. The van der Waals surface area contributed by atoms with Crippen LogP contribution in [-0.2, 0) is 0 Å². The number of benzene rings is 1. The molecule has 0 saturated carbocycles. The van der Waals surface area contributed by atoms with Crippen LogP contribution in [0.2, 0.25) is 5.02 Å². The molecular formula is C16H24ClN3O. The Balaban J connectivity index is 1.90. The van der Waals surface area contributed by atoms with Crippen LogP contribution in [-0.4, -0.2) is 43.2 Å². The molecule has 0 radical (unpaired) electrons. The highest BCUT2D eigenvalue weighted by Crippen LogP contribution is 2.24. The molecule has 0 aromatic heterocycles. The van der Waals surface area contributed by atoms with Crippen molar-refractivity contribution in [3.8, 4) is 0 Å². The van der Waals surface area contributed by atoms with Crippen molar-refractivity contribution in [2.24, 2.45) is 0 Å². The van der Waals surface area contributed by atoms with Gasteiger partial charge in [-0.3, -0.25) is 0 Å². The van der Waals surface area contributed by atoms with E-state index in [2.05, 4.69) is 23.2 Å². The Hall–Kier alpha value is -1.42. The van der Waals surface area contributed by atoms with Crippen molar-refractivity contribution in [2.75, 3.05) is 31.1 Å². The predicted molar refractivity (Wildman–Crippen MR) is 88.3 cm³/mol. The van der Waals surface area contributed by atoms with Crippen LogP contribution < -0.4 is 10.2 Å². The number of aryl methyl sites for hydroxylation is 1. The van der Waals surface area contributed by atoms with Gasteiger partial charge in [0.1, 0.15) is 0 Å². The molecule has 5 heteroatoms. The number of carbonyl (C=O) groups excluding carboxylic acids is 1. The largest absolute Gasteiger partial charge is 0.368 e. The highest BCUT2D eigenvalue weighted by Gasteiger charge is 2.22. The highest BCUT2D eigenvalue weighted by atomic mass is 35.5. The van der Waals surface area contributed by atoms with Gasteiger partial charge in [-0.05, 0) is 38.0 Å². The molecule has 1 aromatic carbocycles. The van der Waals surface area contributed by atoms with Crippen molar-refractivity contribution >= 4 is 23.3 Å². The van der Waals surface area contributed by atoms with E-state index in [9.17, 15) is 4.79 Å². The smallest absolute Gasteiger partial charge is 0.317 e. The van der Waals surface area contributed by atoms with Gasteiger partial charge in [-0.2, -0.15) is 0 Å². The first kappa shape index (κ1) is 16.0. The van der Waals surface area contributed by atoms with E-state index in [1.54, 1.807) is 0 Å². The second kappa shape index (κ2) is 7.03. The van der Waals surface area contributed by atoms with Crippen LogP contribution in [0.3, 0.4) is 0 Å². The normalized spacial score (nSPS) is 16.8. The van der Waals surface area contributed by atoms with Gasteiger partial charge >= 0.3 is 6.03 Å². The van der Waals surface area contributed by atoms with E-state index in [0.717, 1.165) is 48.9 Å². The molecule has 4 nitrogen and oxygen atoms in total. The van der Waals surface area contributed by atoms with E-state index in [4.69, 9.17) is 11.6 Å². The Morgan fingerprint density at radius 2 is 2.00 bits per heavy atom. The average Bonchev–Trinajstić information content (AvgIpc) is 2.50. The number of nitrogens with zero attached hydrogens (tertiary/aromatic N) is 2. The second-order valence-corrected chi connectivity index (χ2v) is 6.07. The van der Waals surface area contributed by atoms with Crippen molar-refractivity contribution in [1.29, 1.82) is 0 Å². The van der Waals surface area contributed by atoms with E-state index in [-0.39, 0.29) is 12.1 Å². The van der Waals surface area contributed by atoms with Gasteiger partial charge in [-0.15, -0.1) is 0 Å². The molecule has 21 heavy (non-hydrogen) atoms. The topological polar surface area (TPSA) is 35.6 Å². The van der Waals surface area contributed by atoms with Crippen LogP contribution >= 0.6 is 11.6 Å². The molecule has 0 spiro atoms. The van der Waals surface area contributed by atoms with Crippen LogP contribution in [0.5, 0.6) is 0 Å². The maximum Gasteiger partial charge on any atom is 0.317 e. The van der Waals surface area contributed by atoms with E-state index in [1.165, 1.54) is 0 Å². The van der Waals surface area contributed by atoms with Gasteiger partial charge < -0.3 is 15.1 Å². The van der Waals surface area contributed by atoms with Crippen LogP contribution in [0.15, 0.2) is 18.2 Å². The number of hydrogen-bond acceptors (Lipinski definition) is 2. The summed E-state index contributed by atoms with van der Waals surface area (Å²) in [5, 5.41) is 3.81. The van der Waals surface area contributed by atoms with Crippen molar-refractivity contribution in [3.05, 3.63) is 28.8 Å². The van der Waals surface area contributed by atoms with E-state index in [0.29, 0.717) is 0 Å². The molecule has 1 heterocycles. The molecule has 1 fully saturated rings. The van der Waals surface area contributed by atoms with E-state index < -0.39 is 0 Å². The van der Waals surface area contributed by atoms with Gasteiger partial charge in [0.25, 0.3) is 0 Å². The van der Waals surface area contributed by atoms with Crippen molar-refractivity contribution in [1.82, 2.24) is 10.2 Å². The van der Waals surface area contributed by atoms with E-state index in [1.807, 2.05) is 30.9 Å². The average molecular weight is 310 g/mol. The number of carbonyl (C=O) groups is 1.